The molecule has 2 atom stereocenters. The van der Waals surface area contributed by atoms with E-state index in [2.05, 4.69) is 23.9 Å². The Balaban J connectivity index is 2.01. The maximum Gasteiger partial charge on any atom is 0.156 e. The van der Waals surface area contributed by atoms with Crippen LogP contribution in [0.3, 0.4) is 0 Å². The highest BCUT2D eigenvalue weighted by atomic mass is 16.5. The third kappa shape index (κ3) is 2.62. The molecular weight excluding hydrogens is 204 g/mol. The standard InChI is InChI=1S/C12H22N2O2/c1-13-5-3-6-14(2)11(8-13)12(15)10-4-7-16-9-10/h10-11H,3-9H2,1-2H3. The molecule has 0 aromatic rings. The summed E-state index contributed by atoms with van der Waals surface area (Å²) in [5.41, 5.74) is 0. The summed E-state index contributed by atoms with van der Waals surface area (Å²) >= 11 is 0. The van der Waals surface area contributed by atoms with Crippen LogP contribution >= 0.6 is 0 Å². The summed E-state index contributed by atoms with van der Waals surface area (Å²) in [5.74, 6) is 0.521. The zero-order valence-electron chi connectivity index (χ0n) is 10.3. The first-order chi connectivity index (χ1) is 7.68. The van der Waals surface area contributed by atoms with Crippen LogP contribution in [0.2, 0.25) is 0 Å². The molecule has 0 aromatic heterocycles. The molecule has 0 aromatic carbocycles. The van der Waals surface area contributed by atoms with Crippen LogP contribution in [0.4, 0.5) is 0 Å². The summed E-state index contributed by atoms with van der Waals surface area (Å²) in [7, 11) is 4.17. The first-order valence-electron chi connectivity index (χ1n) is 6.18. The number of hydrogen-bond donors (Lipinski definition) is 0. The van der Waals surface area contributed by atoms with Gasteiger partial charge in [-0.2, -0.15) is 0 Å². The molecule has 4 heteroatoms. The Kier molecular flexibility index (Phi) is 3.95. The highest BCUT2D eigenvalue weighted by molar-refractivity contribution is 5.86. The highest BCUT2D eigenvalue weighted by Gasteiger charge is 2.33. The van der Waals surface area contributed by atoms with Gasteiger partial charge in [0.2, 0.25) is 0 Å². The van der Waals surface area contributed by atoms with Crippen molar-refractivity contribution in [1.29, 1.82) is 0 Å². The van der Waals surface area contributed by atoms with Gasteiger partial charge in [0.05, 0.1) is 12.6 Å². The van der Waals surface area contributed by atoms with Gasteiger partial charge in [0.1, 0.15) is 0 Å². The summed E-state index contributed by atoms with van der Waals surface area (Å²) in [6, 6.07) is 0.0687. The fraction of sp³-hybridized carbons (Fsp3) is 0.917. The van der Waals surface area contributed by atoms with E-state index in [4.69, 9.17) is 4.74 Å². The lowest BCUT2D eigenvalue weighted by Crippen LogP contribution is -2.46. The quantitative estimate of drug-likeness (QED) is 0.675. The monoisotopic (exact) mass is 226 g/mol. The largest absolute Gasteiger partial charge is 0.381 e. The first kappa shape index (κ1) is 12.0. The zero-order chi connectivity index (χ0) is 11.5. The van der Waals surface area contributed by atoms with Gasteiger partial charge in [0, 0.05) is 19.1 Å². The van der Waals surface area contributed by atoms with Crippen molar-refractivity contribution in [2.45, 2.75) is 18.9 Å². The van der Waals surface area contributed by atoms with Crippen LogP contribution in [0.5, 0.6) is 0 Å². The number of ketones is 1. The van der Waals surface area contributed by atoms with E-state index in [1.807, 2.05) is 0 Å². The van der Waals surface area contributed by atoms with Crippen molar-refractivity contribution in [2.24, 2.45) is 5.92 Å². The number of rotatable bonds is 2. The predicted octanol–water partition coefficient (Wildman–Crippen LogP) is 0.228. The van der Waals surface area contributed by atoms with E-state index in [0.29, 0.717) is 12.4 Å². The van der Waals surface area contributed by atoms with Crippen molar-refractivity contribution in [3.05, 3.63) is 0 Å². The van der Waals surface area contributed by atoms with Crippen LogP contribution in [0.15, 0.2) is 0 Å². The van der Waals surface area contributed by atoms with E-state index in [1.54, 1.807) is 0 Å². The molecule has 0 radical (unpaired) electrons. The summed E-state index contributed by atoms with van der Waals surface area (Å²) in [6.45, 7) is 4.37. The molecule has 0 spiro atoms. The lowest BCUT2D eigenvalue weighted by molar-refractivity contribution is -0.128. The Hall–Kier alpha value is -0.450. The predicted molar refractivity (Wildman–Crippen MR) is 62.5 cm³/mol. The molecule has 2 unspecified atom stereocenters. The van der Waals surface area contributed by atoms with Crippen molar-refractivity contribution >= 4 is 5.78 Å². The summed E-state index contributed by atoms with van der Waals surface area (Å²) in [5, 5.41) is 0. The molecule has 0 bridgehead atoms. The highest BCUT2D eigenvalue weighted by Crippen LogP contribution is 2.19. The van der Waals surface area contributed by atoms with E-state index < -0.39 is 0 Å². The lowest BCUT2D eigenvalue weighted by atomic mass is 9.96. The molecule has 92 valence electrons. The Morgan fingerprint density at radius 2 is 2.12 bits per heavy atom. The van der Waals surface area contributed by atoms with E-state index in [1.165, 1.54) is 0 Å². The van der Waals surface area contributed by atoms with E-state index >= 15 is 0 Å². The van der Waals surface area contributed by atoms with Gasteiger partial charge < -0.3 is 9.64 Å². The second kappa shape index (κ2) is 5.25. The van der Waals surface area contributed by atoms with Crippen LogP contribution in [-0.2, 0) is 9.53 Å². The van der Waals surface area contributed by atoms with E-state index in [9.17, 15) is 4.79 Å². The molecule has 2 saturated heterocycles. The molecule has 16 heavy (non-hydrogen) atoms. The van der Waals surface area contributed by atoms with Crippen LogP contribution in [0.25, 0.3) is 0 Å². The molecule has 2 fully saturated rings. The van der Waals surface area contributed by atoms with Gasteiger partial charge in [0.15, 0.2) is 5.78 Å². The fourth-order valence-corrected chi connectivity index (χ4v) is 2.61. The van der Waals surface area contributed by atoms with Gasteiger partial charge in [-0.05, 0) is 40.0 Å². The van der Waals surface area contributed by atoms with Crippen molar-refractivity contribution < 1.29 is 9.53 Å². The van der Waals surface area contributed by atoms with Crippen LogP contribution in [0, 0.1) is 5.92 Å². The number of carbonyl (C=O) groups is 1. The van der Waals surface area contributed by atoms with Gasteiger partial charge in [0.25, 0.3) is 0 Å². The molecule has 2 aliphatic rings. The molecule has 2 heterocycles. The molecular formula is C12H22N2O2. The summed E-state index contributed by atoms with van der Waals surface area (Å²) < 4.78 is 5.31. The number of Topliss-reactive ketones (excluding diaryl/α,β-unsaturated/α-hetero) is 1. The zero-order valence-corrected chi connectivity index (χ0v) is 10.3. The minimum Gasteiger partial charge on any atom is -0.381 e. The summed E-state index contributed by atoms with van der Waals surface area (Å²) in [6.07, 6.45) is 2.06. The molecule has 0 aliphatic carbocycles. The van der Waals surface area contributed by atoms with Crippen molar-refractivity contribution in [3.8, 4) is 0 Å². The maximum atomic E-state index is 12.4. The average molecular weight is 226 g/mol. The maximum absolute atomic E-state index is 12.4. The topological polar surface area (TPSA) is 32.8 Å². The van der Waals surface area contributed by atoms with Gasteiger partial charge in [-0.3, -0.25) is 9.69 Å². The Morgan fingerprint density at radius 3 is 2.81 bits per heavy atom. The third-order valence-electron chi connectivity index (χ3n) is 3.73. The molecule has 0 N–H and O–H groups in total. The van der Waals surface area contributed by atoms with Gasteiger partial charge >= 0.3 is 0 Å². The molecule has 2 rings (SSSR count). The average Bonchev–Trinajstić information content (AvgIpc) is 2.72. The van der Waals surface area contributed by atoms with Gasteiger partial charge in [-0.1, -0.05) is 0 Å². The van der Waals surface area contributed by atoms with Crippen LogP contribution in [-0.4, -0.2) is 68.6 Å². The molecule has 0 amide bonds. The molecule has 4 nitrogen and oxygen atoms in total. The number of ether oxygens (including phenoxy) is 1. The summed E-state index contributed by atoms with van der Waals surface area (Å²) in [4.78, 5) is 16.8. The van der Waals surface area contributed by atoms with E-state index in [-0.39, 0.29) is 12.0 Å². The SMILES string of the molecule is CN1CCCN(C)C(C(=O)C2CCOC2)C1. The van der Waals surface area contributed by atoms with Crippen molar-refractivity contribution in [2.75, 3.05) is 46.9 Å². The number of hydrogen-bond acceptors (Lipinski definition) is 4. The minimum absolute atomic E-state index is 0.0687. The minimum atomic E-state index is 0.0687. The van der Waals surface area contributed by atoms with Gasteiger partial charge in [-0.15, -0.1) is 0 Å². The Bertz CT molecular complexity index is 251. The van der Waals surface area contributed by atoms with Crippen molar-refractivity contribution in [1.82, 2.24) is 9.80 Å². The van der Waals surface area contributed by atoms with Gasteiger partial charge in [-0.25, -0.2) is 0 Å². The fourth-order valence-electron chi connectivity index (χ4n) is 2.61. The molecule has 2 aliphatic heterocycles. The second-order valence-electron chi connectivity index (χ2n) is 5.08. The Morgan fingerprint density at radius 1 is 1.31 bits per heavy atom. The van der Waals surface area contributed by atoms with E-state index in [0.717, 1.165) is 39.1 Å². The molecule has 0 saturated carbocycles. The second-order valence-corrected chi connectivity index (χ2v) is 5.08. The number of carbonyl (C=O) groups excluding carboxylic acids is 1. The van der Waals surface area contributed by atoms with Crippen LogP contribution in [0.1, 0.15) is 12.8 Å². The van der Waals surface area contributed by atoms with Crippen molar-refractivity contribution in [3.63, 3.8) is 0 Å². The number of nitrogens with zero attached hydrogens (tertiary/aromatic N) is 2. The third-order valence-corrected chi connectivity index (χ3v) is 3.73. The van der Waals surface area contributed by atoms with Crippen LogP contribution < -0.4 is 0 Å². The normalized spacial score (nSPS) is 33.9. The smallest absolute Gasteiger partial charge is 0.156 e. The Labute approximate surface area is 97.5 Å². The lowest BCUT2D eigenvalue weighted by Gasteiger charge is -2.27. The number of likely N-dealkylation sites (N-methyl/N-ethyl adjacent to an activating group) is 2. The first-order valence-corrected chi connectivity index (χ1v) is 6.18.